The Bertz CT molecular complexity index is 912. The molecule has 0 spiro atoms. The summed E-state index contributed by atoms with van der Waals surface area (Å²) in [7, 11) is 1.95. The van der Waals surface area contributed by atoms with Gasteiger partial charge in [-0.2, -0.15) is 0 Å². The van der Waals surface area contributed by atoms with Gasteiger partial charge in [-0.3, -0.25) is 4.79 Å². The molecule has 0 fully saturated rings. The van der Waals surface area contributed by atoms with Crippen LogP contribution in [0.5, 0.6) is 11.5 Å². The van der Waals surface area contributed by atoms with Crippen molar-refractivity contribution in [3.8, 4) is 11.5 Å². The molecule has 0 saturated heterocycles. The number of quaternary nitrogens is 1. The summed E-state index contributed by atoms with van der Waals surface area (Å²) in [5.74, 6) is -0.744. The number of ether oxygens (including phenoxy) is 2. The Morgan fingerprint density at radius 3 is 2.59 bits per heavy atom. The summed E-state index contributed by atoms with van der Waals surface area (Å²) >= 11 is 0. The SMILES string of the molecule is CC[C@H](C)NC(=O)c1ccccc1C[NH+](C)Cc1ccc2c(c1C(=O)[O-])OCO2. The van der Waals surface area contributed by atoms with Gasteiger partial charge in [0.15, 0.2) is 11.5 Å². The molecular weight excluding hydrogens is 372 g/mol. The first-order valence-corrected chi connectivity index (χ1v) is 9.73. The van der Waals surface area contributed by atoms with Gasteiger partial charge in [0.1, 0.15) is 13.1 Å². The molecule has 1 amide bonds. The van der Waals surface area contributed by atoms with E-state index in [-0.39, 0.29) is 30.1 Å². The van der Waals surface area contributed by atoms with E-state index in [1.807, 2.05) is 45.2 Å². The molecule has 1 aliphatic heterocycles. The van der Waals surface area contributed by atoms with E-state index in [2.05, 4.69) is 5.32 Å². The molecule has 0 aliphatic carbocycles. The number of nitrogens with one attached hydrogen (secondary N) is 2. The second-order valence-corrected chi connectivity index (χ2v) is 7.37. The lowest BCUT2D eigenvalue weighted by atomic mass is 10.0. The predicted molar refractivity (Wildman–Crippen MR) is 105 cm³/mol. The lowest BCUT2D eigenvalue weighted by Gasteiger charge is -2.20. The van der Waals surface area contributed by atoms with Crippen molar-refractivity contribution in [3.63, 3.8) is 0 Å². The van der Waals surface area contributed by atoms with Gasteiger partial charge in [0.2, 0.25) is 6.79 Å². The second-order valence-electron chi connectivity index (χ2n) is 7.37. The topological polar surface area (TPSA) is 92.1 Å². The normalized spacial score (nSPS) is 14.3. The van der Waals surface area contributed by atoms with Gasteiger partial charge in [0.25, 0.3) is 5.91 Å². The quantitative estimate of drug-likeness (QED) is 0.677. The van der Waals surface area contributed by atoms with Gasteiger partial charge in [-0.15, -0.1) is 0 Å². The number of benzene rings is 2. The summed E-state index contributed by atoms with van der Waals surface area (Å²) in [6.45, 7) is 4.99. The molecule has 7 nitrogen and oxygen atoms in total. The van der Waals surface area contributed by atoms with E-state index in [0.717, 1.165) is 16.9 Å². The van der Waals surface area contributed by atoms with Crippen LogP contribution >= 0.6 is 0 Å². The molecule has 2 atom stereocenters. The maximum Gasteiger partial charge on any atom is 0.251 e. The number of fused-ring (bicyclic) bond motifs is 1. The molecule has 1 aliphatic rings. The highest BCUT2D eigenvalue weighted by Crippen LogP contribution is 2.37. The Hall–Kier alpha value is -3.06. The molecule has 2 N–H and O–H groups in total. The minimum atomic E-state index is -1.29. The lowest BCUT2D eigenvalue weighted by molar-refractivity contribution is -0.907. The number of hydrogen-bond donors (Lipinski definition) is 2. The summed E-state index contributed by atoms with van der Waals surface area (Å²) in [5, 5.41) is 14.7. The summed E-state index contributed by atoms with van der Waals surface area (Å²) in [4.78, 5) is 25.3. The minimum Gasteiger partial charge on any atom is -0.545 e. The van der Waals surface area contributed by atoms with Crippen LogP contribution in [0.1, 0.15) is 52.1 Å². The van der Waals surface area contributed by atoms with Gasteiger partial charge in [-0.05, 0) is 31.5 Å². The number of hydrogen-bond acceptors (Lipinski definition) is 5. The first kappa shape index (κ1) is 20.7. The van der Waals surface area contributed by atoms with E-state index in [9.17, 15) is 14.7 Å². The van der Waals surface area contributed by atoms with Gasteiger partial charge < -0.3 is 29.6 Å². The Morgan fingerprint density at radius 2 is 1.86 bits per heavy atom. The minimum absolute atomic E-state index is 0.000429. The molecule has 1 unspecified atom stereocenters. The fourth-order valence-electron chi connectivity index (χ4n) is 3.40. The van der Waals surface area contributed by atoms with Crippen LogP contribution in [-0.2, 0) is 13.1 Å². The van der Waals surface area contributed by atoms with E-state index in [1.54, 1.807) is 12.1 Å². The van der Waals surface area contributed by atoms with Crippen LogP contribution < -0.4 is 24.8 Å². The number of rotatable bonds is 8. The van der Waals surface area contributed by atoms with Crippen molar-refractivity contribution in [2.24, 2.45) is 0 Å². The van der Waals surface area contributed by atoms with Crippen LogP contribution in [0.3, 0.4) is 0 Å². The van der Waals surface area contributed by atoms with Gasteiger partial charge in [-0.25, -0.2) is 0 Å². The lowest BCUT2D eigenvalue weighted by Crippen LogP contribution is -3.06. The summed E-state index contributed by atoms with van der Waals surface area (Å²) in [6, 6.07) is 11.0. The molecule has 2 aromatic carbocycles. The number of carboxylic acids is 1. The van der Waals surface area contributed by atoms with Crippen molar-refractivity contribution >= 4 is 11.9 Å². The Kier molecular flexibility index (Phi) is 6.39. The molecule has 0 saturated carbocycles. The smallest absolute Gasteiger partial charge is 0.251 e. The van der Waals surface area contributed by atoms with Gasteiger partial charge in [0.05, 0.1) is 18.6 Å². The summed E-state index contributed by atoms with van der Waals surface area (Å²) in [6.07, 6.45) is 0.856. The molecule has 7 heteroatoms. The van der Waals surface area contributed by atoms with Crippen molar-refractivity contribution in [1.82, 2.24) is 5.32 Å². The number of carbonyl (C=O) groups is 2. The third-order valence-corrected chi connectivity index (χ3v) is 5.07. The highest BCUT2D eigenvalue weighted by atomic mass is 16.7. The Balaban J connectivity index is 1.78. The van der Waals surface area contributed by atoms with Crippen LogP contribution in [0.25, 0.3) is 0 Å². The first-order chi connectivity index (χ1) is 13.9. The monoisotopic (exact) mass is 398 g/mol. The van der Waals surface area contributed by atoms with Crippen molar-refractivity contribution in [3.05, 3.63) is 58.7 Å². The van der Waals surface area contributed by atoms with Crippen LogP contribution in [0.2, 0.25) is 0 Å². The average molecular weight is 398 g/mol. The average Bonchev–Trinajstić information content (AvgIpc) is 3.16. The fourth-order valence-corrected chi connectivity index (χ4v) is 3.40. The predicted octanol–water partition coefficient (Wildman–Crippen LogP) is 0.522. The largest absolute Gasteiger partial charge is 0.545 e. The zero-order valence-electron chi connectivity index (χ0n) is 16.9. The highest BCUT2D eigenvalue weighted by Gasteiger charge is 2.23. The van der Waals surface area contributed by atoms with Crippen LogP contribution in [0.4, 0.5) is 0 Å². The second kappa shape index (κ2) is 8.96. The first-order valence-electron chi connectivity index (χ1n) is 9.73. The van der Waals surface area contributed by atoms with E-state index in [4.69, 9.17) is 9.47 Å². The molecule has 154 valence electrons. The van der Waals surface area contributed by atoms with E-state index in [0.29, 0.717) is 30.0 Å². The highest BCUT2D eigenvalue weighted by molar-refractivity contribution is 5.95. The third kappa shape index (κ3) is 4.68. The maximum atomic E-state index is 12.6. The fraction of sp³-hybridized carbons (Fsp3) is 0.364. The molecule has 0 bridgehead atoms. The number of amides is 1. The van der Waals surface area contributed by atoms with Crippen LogP contribution in [0.15, 0.2) is 36.4 Å². The van der Waals surface area contributed by atoms with Crippen molar-refractivity contribution < 1.29 is 29.1 Å². The van der Waals surface area contributed by atoms with Gasteiger partial charge in [0, 0.05) is 22.7 Å². The van der Waals surface area contributed by atoms with E-state index in [1.165, 1.54) is 0 Å². The number of aromatic carboxylic acids is 1. The molecule has 0 aromatic heterocycles. The van der Waals surface area contributed by atoms with Crippen LogP contribution in [-0.4, -0.2) is 31.8 Å². The van der Waals surface area contributed by atoms with Gasteiger partial charge in [-0.1, -0.05) is 25.1 Å². The van der Waals surface area contributed by atoms with E-state index < -0.39 is 5.97 Å². The molecule has 1 heterocycles. The zero-order chi connectivity index (χ0) is 21.0. The Labute approximate surface area is 170 Å². The molecule has 0 radical (unpaired) electrons. The standard InChI is InChI=1S/C22H26N2O5/c1-4-14(2)23-21(25)17-8-6-5-7-15(17)11-24(3)12-16-9-10-18-20(29-13-28-18)19(16)22(26)27/h5-10,14H,4,11-13H2,1-3H3,(H,23,25)(H,26,27)/t14-/m0/s1. The van der Waals surface area contributed by atoms with Crippen molar-refractivity contribution in [2.75, 3.05) is 13.8 Å². The molecule has 2 aromatic rings. The third-order valence-electron chi connectivity index (χ3n) is 5.07. The zero-order valence-corrected chi connectivity index (χ0v) is 16.9. The molecular formula is C22H26N2O5. The molecule has 3 rings (SSSR count). The van der Waals surface area contributed by atoms with E-state index >= 15 is 0 Å². The number of carboxylic acid groups (broad SMARTS) is 1. The van der Waals surface area contributed by atoms with Crippen LogP contribution in [0, 0.1) is 0 Å². The number of carbonyl (C=O) groups excluding carboxylic acids is 2. The summed E-state index contributed by atoms with van der Waals surface area (Å²) < 4.78 is 10.6. The van der Waals surface area contributed by atoms with Crippen molar-refractivity contribution in [1.29, 1.82) is 0 Å². The van der Waals surface area contributed by atoms with Crippen molar-refractivity contribution in [2.45, 2.75) is 39.4 Å². The Morgan fingerprint density at radius 1 is 1.14 bits per heavy atom. The maximum absolute atomic E-state index is 12.6. The van der Waals surface area contributed by atoms with Gasteiger partial charge >= 0.3 is 0 Å². The molecule has 29 heavy (non-hydrogen) atoms. The summed E-state index contributed by atoms with van der Waals surface area (Å²) in [5.41, 5.74) is 2.18.